The van der Waals surface area contributed by atoms with Gasteiger partial charge in [-0.05, 0) is 18.3 Å². The number of nitrogens with one attached hydrogen (secondary N) is 1. The largest absolute Gasteiger partial charge is 0.345 e. The van der Waals surface area contributed by atoms with Crippen molar-refractivity contribution in [2.75, 3.05) is 0 Å². The Morgan fingerprint density at radius 1 is 1.07 bits per heavy atom. The summed E-state index contributed by atoms with van der Waals surface area (Å²) in [6, 6.07) is 0.243. The number of allylic oxidation sites excluding steroid dienone is 2. The average Bonchev–Trinajstić information content (AvgIpc) is 2.92. The zero-order chi connectivity index (χ0) is 9.45. The number of nitrogens with zero attached hydrogens (tertiary/aromatic N) is 2. The second-order valence-electron chi connectivity index (χ2n) is 4.35. The lowest BCUT2D eigenvalue weighted by Crippen LogP contribution is -2.40. The Bertz CT molecular complexity index is 515. The highest BCUT2D eigenvalue weighted by Gasteiger charge is 2.55. The third kappa shape index (κ3) is 0.547. The minimum atomic E-state index is -0.264. The van der Waals surface area contributed by atoms with E-state index in [4.69, 9.17) is 0 Å². The molecule has 0 spiro atoms. The van der Waals surface area contributed by atoms with Gasteiger partial charge >= 0.3 is 11.4 Å². The zero-order valence-corrected chi connectivity index (χ0v) is 7.38. The molecule has 4 atom stereocenters. The minimum Gasteiger partial charge on any atom is -0.257 e. The van der Waals surface area contributed by atoms with E-state index in [1.54, 1.807) is 9.36 Å². The minimum absolute atomic E-state index is 0.122. The first kappa shape index (κ1) is 6.86. The van der Waals surface area contributed by atoms with Crippen LogP contribution >= 0.6 is 0 Å². The van der Waals surface area contributed by atoms with E-state index in [0.29, 0.717) is 11.8 Å². The van der Waals surface area contributed by atoms with Gasteiger partial charge in [0.05, 0.1) is 12.1 Å². The van der Waals surface area contributed by atoms with E-state index in [1.165, 1.54) is 0 Å². The summed E-state index contributed by atoms with van der Waals surface area (Å²) in [4.78, 5) is 25.3. The van der Waals surface area contributed by atoms with Crippen molar-refractivity contribution < 1.29 is 0 Å². The molecular formula is C9H9N3O2. The lowest BCUT2D eigenvalue weighted by atomic mass is 9.96. The van der Waals surface area contributed by atoms with Crippen LogP contribution in [0.5, 0.6) is 0 Å². The van der Waals surface area contributed by atoms with E-state index in [-0.39, 0.29) is 23.5 Å². The molecule has 0 aromatic carbocycles. The molecule has 5 nitrogen and oxygen atoms in total. The van der Waals surface area contributed by atoms with E-state index in [9.17, 15) is 9.59 Å². The van der Waals surface area contributed by atoms with Gasteiger partial charge in [0, 0.05) is 0 Å². The van der Waals surface area contributed by atoms with E-state index < -0.39 is 0 Å². The van der Waals surface area contributed by atoms with Crippen LogP contribution in [0.1, 0.15) is 18.5 Å². The topological polar surface area (TPSA) is 59.8 Å². The average molecular weight is 191 g/mol. The van der Waals surface area contributed by atoms with Crippen LogP contribution in [0.15, 0.2) is 21.7 Å². The molecule has 5 rings (SSSR count). The van der Waals surface area contributed by atoms with Crippen LogP contribution < -0.4 is 11.4 Å². The van der Waals surface area contributed by atoms with Gasteiger partial charge in [-0.1, -0.05) is 12.2 Å². The van der Waals surface area contributed by atoms with Crippen LogP contribution in [-0.2, 0) is 0 Å². The number of hydrogen-bond acceptors (Lipinski definition) is 2. The molecule has 1 fully saturated rings. The van der Waals surface area contributed by atoms with Gasteiger partial charge in [0.15, 0.2) is 0 Å². The molecule has 14 heavy (non-hydrogen) atoms. The van der Waals surface area contributed by atoms with Gasteiger partial charge in [-0.15, -0.1) is 0 Å². The van der Waals surface area contributed by atoms with Crippen LogP contribution in [0.2, 0.25) is 0 Å². The van der Waals surface area contributed by atoms with Crippen molar-refractivity contribution in [3.63, 3.8) is 0 Å². The van der Waals surface area contributed by atoms with Gasteiger partial charge in [0.25, 0.3) is 0 Å². The Balaban J connectivity index is 2.15. The first-order valence-corrected chi connectivity index (χ1v) is 4.89. The Labute approximate surface area is 78.6 Å². The summed E-state index contributed by atoms with van der Waals surface area (Å²) < 4.78 is 3.17. The Morgan fingerprint density at radius 2 is 1.57 bits per heavy atom. The fourth-order valence-corrected chi connectivity index (χ4v) is 3.02. The van der Waals surface area contributed by atoms with Gasteiger partial charge in [0.2, 0.25) is 0 Å². The monoisotopic (exact) mass is 191 g/mol. The number of aromatic nitrogens is 3. The van der Waals surface area contributed by atoms with Crippen LogP contribution in [-0.4, -0.2) is 14.3 Å². The lowest BCUT2D eigenvalue weighted by Gasteiger charge is -2.32. The molecule has 1 aromatic heterocycles. The van der Waals surface area contributed by atoms with E-state index in [2.05, 4.69) is 17.1 Å². The predicted molar refractivity (Wildman–Crippen MR) is 48.1 cm³/mol. The smallest absolute Gasteiger partial charge is 0.257 e. The van der Waals surface area contributed by atoms with Gasteiger partial charge in [0.1, 0.15) is 0 Å². The van der Waals surface area contributed by atoms with Crippen LogP contribution in [0.3, 0.4) is 0 Å². The highest BCUT2D eigenvalue weighted by Crippen LogP contribution is 2.58. The summed E-state index contributed by atoms with van der Waals surface area (Å²) in [5.41, 5.74) is -0.528. The molecule has 3 heterocycles. The van der Waals surface area contributed by atoms with Crippen LogP contribution in [0, 0.1) is 11.8 Å². The third-order valence-electron chi connectivity index (χ3n) is 3.70. The maximum absolute atomic E-state index is 11.5. The van der Waals surface area contributed by atoms with Crippen molar-refractivity contribution in [3.8, 4) is 0 Å². The first-order valence-electron chi connectivity index (χ1n) is 4.89. The van der Waals surface area contributed by atoms with Crippen molar-refractivity contribution in [3.05, 3.63) is 33.1 Å². The predicted octanol–water partition coefficient (Wildman–Crippen LogP) is -0.360. The van der Waals surface area contributed by atoms with Crippen molar-refractivity contribution >= 4 is 0 Å². The summed E-state index contributed by atoms with van der Waals surface area (Å²) >= 11 is 0. The number of aromatic amines is 1. The zero-order valence-electron chi connectivity index (χ0n) is 7.38. The number of H-pyrrole nitrogens is 1. The summed E-state index contributed by atoms with van der Waals surface area (Å²) in [5, 5.41) is 0. The standard InChI is InChI=1S/C9H9N3O2/c13-8-10-9(14)12-7-2-1-6(11(8)12)4-3-5(4)7/h1-2,4-7H,3H2,(H,10,13,14)/t4-,5+,6-,7-/m0/s1. The Morgan fingerprint density at radius 3 is 2.07 bits per heavy atom. The quantitative estimate of drug-likeness (QED) is 0.569. The van der Waals surface area contributed by atoms with E-state index >= 15 is 0 Å². The number of rotatable bonds is 0. The van der Waals surface area contributed by atoms with Crippen molar-refractivity contribution in [1.82, 2.24) is 14.3 Å². The summed E-state index contributed by atoms with van der Waals surface area (Å²) in [6.45, 7) is 0. The highest BCUT2D eigenvalue weighted by atomic mass is 16.2. The summed E-state index contributed by atoms with van der Waals surface area (Å²) in [7, 11) is 0. The highest BCUT2D eigenvalue weighted by molar-refractivity contribution is 5.20. The molecule has 1 saturated carbocycles. The molecule has 2 aliphatic carbocycles. The van der Waals surface area contributed by atoms with Crippen molar-refractivity contribution in [1.29, 1.82) is 0 Å². The van der Waals surface area contributed by atoms with Crippen molar-refractivity contribution in [2.24, 2.45) is 11.8 Å². The fraction of sp³-hybridized carbons (Fsp3) is 0.556. The first-order chi connectivity index (χ1) is 6.77. The normalized spacial score (nSPS) is 40.9. The van der Waals surface area contributed by atoms with Crippen LogP contribution in [0.25, 0.3) is 0 Å². The molecule has 2 aliphatic heterocycles. The molecule has 0 amide bonds. The summed E-state index contributed by atoms with van der Waals surface area (Å²) in [6.07, 6.45) is 5.27. The molecule has 1 N–H and O–H groups in total. The molecule has 4 aliphatic rings. The Hall–Kier alpha value is -1.52. The molecule has 0 radical (unpaired) electrons. The number of hydrogen-bond donors (Lipinski definition) is 1. The van der Waals surface area contributed by atoms with E-state index in [0.717, 1.165) is 6.42 Å². The maximum atomic E-state index is 11.5. The van der Waals surface area contributed by atoms with E-state index in [1.807, 2.05) is 0 Å². The Kier molecular flexibility index (Phi) is 0.882. The van der Waals surface area contributed by atoms with Gasteiger partial charge in [-0.25, -0.2) is 19.0 Å². The molecule has 5 heteroatoms. The maximum Gasteiger partial charge on any atom is 0.345 e. The van der Waals surface area contributed by atoms with Gasteiger partial charge in [-0.2, -0.15) is 0 Å². The fourth-order valence-electron chi connectivity index (χ4n) is 3.02. The molecule has 2 bridgehead atoms. The third-order valence-corrected chi connectivity index (χ3v) is 3.70. The molecule has 72 valence electrons. The van der Waals surface area contributed by atoms with Gasteiger partial charge in [-0.3, -0.25) is 4.98 Å². The molecular weight excluding hydrogens is 182 g/mol. The molecule has 1 aromatic rings. The van der Waals surface area contributed by atoms with Crippen LogP contribution in [0.4, 0.5) is 0 Å². The summed E-state index contributed by atoms with van der Waals surface area (Å²) in [5.74, 6) is 1.19. The molecule has 0 saturated heterocycles. The lowest BCUT2D eigenvalue weighted by molar-refractivity contribution is 0.243. The van der Waals surface area contributed by atoms with Crippen molar-refractivity contribution in [2.45, 2.75) is 18.5 Å². The molecule has 0 unspecified atom stereocenters. The SMILES string of the molecule is O=c1[nH]c(=O)n2n1[C@H]1C=C[C@H]2[C@H]2C[C@H]21. The second-order valence-corrected chi connectivity index (χ2v) is 4.35. The second kappa shape index (κ2) is 1.80. The van der Waals surface area contributed by atoms with Gasteiger partial charge < -0.3 is 0 Å².